The van der Waals surface area contributed by atoms with Gasteiger partial charge in [0, 0.05) is 24.8 Å². The van der Waals surface area contributed by atoms with Crippen LogP contribution in [0.1, 0.15) is 23.2 Å². The summed E-state index contributed by atoms with van der Waals surface area (Å²) in [6, 6.07) is 10.9. The molecule has 2 aromatic carbocycles. The van der Waals surface area contributed by atoms with E-state index in [9.17, 15) is 18.0 Å². The van der Waals surface area contributed by atoms with Gasteiger partial charge in [-0.3, -0.25) is 4.79 Å². The summed E-state index contributed by atoms with van der Waals surface area (Å²) in [5, 5.41) is 2.79. The van der Waals surface area contributed by atoms with Crippen LogP contribution in [-0.4, -0.2) is 59.0 Å². The number of methoxy groups -OCH3 is 3. The first-order valence-electron chi connectivity index (χ1n) is 10.0. The molecule has 1 atom stereocenters. The highest BCUT2D eigenvalue weighted by Crippen LogP contribution is 2.33. The number of rotatable bonds is 7. The predicted octanol–water partition coefficient (Wildman–Crippen LogP) is 2.53. The van der Waals surface area contributed by atoms with Crippen molar-refractivity contribution in [1.29, 1.82) is 0 Å². The third-order valence-electron chi connectivity index (χ3n) is 5.32. The number of benzene rings is 2. The van der Waals surface area contributed by atoms with Gasteiger partial charge in [0.1, 0.15) is 16.4 Å². The Bertz CT molecular complexity index is 1080. The van der Waals surface area contributed by atoms with Gasteiger partial charge in [-0.05, 0) is 49.2 Å². The Balaban J connectivity index is 1.74. The first-order valence-corrected chi connectivity index (χ1v) is 11.5. The zero-order valence-corrected chi connectivity index (χ0v) is 19.0. The number of sulfonamides is 1. The highest BCUT2D eigenvalue weighted by molar-refractivity contribution is 7.89. The second-order valence-electron chi connectivity index (χ2n) is 7.28. The van der Waals surface area contributed by atoms with Gasteiger partial charge in [0.05, 0.1) is 32.8 Å². The van der Waals surface area contributed by atoms with Crippen molar-refractivity contribution in [3.63, 3.8) is 0 Å². The van der Waals surface area contributed by atoms with E-state index in [1.807, 2.05) is 0 Å². The van der Waals surface area contributed by atoms with E-state index in [0.717, 1.165) is 0 Å². The lowest BCUT2D eigenvalue weighted by Gasteiger charge is -2.31. The van der Waals surface area contributed by atoms with Crippen LogP contribution in [0.15, 0.2) is 47.4 Å². The summed E-state index contributed by atoms with van der Waals surface area (Å²) in [4.78, 5) is 24.3. The third-order valence-corrected chi connectivity index (χ3v) is 7.20. The molecule has 9 nitrogen and oxygen atoms in total. The Morgan fingerprint density at radius 1 is 1.03 bits per heavy atom. The molecule has 3 rings (SSSR count). The number of ether oxygens (including phenoxy) is 3. The first kappa shape index (κ1) is 23.6. The lowest BCUT2D eigenvalue weighted by atomic mass is 9.98. The van der Waals surface area contributed by atoms with Crippen molar-refractivity contribution in [2.75, 3.05) is 39.7 Å². The van der Waals surface area contributed by atoms with E-state index in [4.69, 9.17) is 9.47 Å². The number of esters is 1. The van der Waals surface area contributed by atoms with Crippen molar-refractivity contribution in [3.8, 4) is 11.5 Å². The van der Waals surface area contributed by atoms with E-state index in [0.29, 0.717) is 36.4 Å². The largest absolute Gasteiger partial charge is 0.497 e. The number of piperidine rings is 1. The van der Waals surface area contributed by atoms with Crippen molar-refractivity contribution in [2.45, 2.75) is 17.7 Å². The molecule has 1 aliphatic heterocycles. The second kappa shape index (κ2) is 10.0. The Labute approximate surface area is 187 Å². The molecule has 1 aliphatic rings. The van der Waals surface area contributed by atoms with Gasteiger partial charge < -0.3 is 19.5 Å². The third kappa shape index (κ3) is 5.03. The van der Waals surface area contributed by atoms with Crippen molar-refractivity contribution < 1.29 is 32.2 Å². The molecule has 0 unspecified atom stereocenters. The molecule has 0 aromatic heterocycles. The molecule has 0 spiro atoms. The molecule has 0 radical (unpaired) electrons. The van der Waals surface area contributed by atoms with Gasteiger partial charge in [-0.25, -0.2) is 13.2 Å². The van der Waals surface area contributed by atoms with Crippen LogP contribution in [0, 0.1) is 5.92 Å². The van der Waals surface area contributed by atoms with E-state index < -0.39 is 21.9 Å². The van der Waals surface area contributed by atoms with E-state index >= 15 is 0 Å². The van der Waals surface area contributed by atoms with Crippen LogP contribution < -0.4 is 14.8 Å². The van der Waals surface area contributed by atoms with Gasteiger partial charge in [0.15, 0.2) is 0 Å². The maximum atomic E-state index is 13.3. The SMILES string of the molecule is COC(=O)c1ccc(NC(=O)[C@@H]2CCCN(S(=O)(=O)c3cc(OC)ccc3OC)C2)cc1. The fraction of sp³-hybridized carbons (Fsp3) is 0.364. The molecule has 10 heteroatoms. The van der Waals surface area contributed by atoms with E-state index in [2.05, 4.69) is 10.1 Å². The summed E-state index contributed by atoms with van der Waals surface area (Å²) in [5.41, 5.74) is 0.879. The first-order chi connectivity index (χ1) is 15.3. The Morgan fingerprint density at radius 3 is 2.38 bits per heavy atom. The number of nitrogens with one attached hydrogen (secondary N) is 1. The average molecular weight is 463 g/mol. The summed E-state index contributed by atoms with van der Waals surface area (Å²) in [6.07, 6.45) is 1.11. The van der Waals surface area contributed by atoms with Crippen molar-refractivity contribution in [3.05, 3.63) is 48.0 Å². The van der Waals surface area contributed by atoms with Gasteiger partial charge >= 0.3 is 5.97 Å². The highest BCUT2D eigenvalue weighted by Gasteiger charge is 2.35. The molecule has 32 heavy (non-hydrogen) atoms. The molecule has 1 saturated heterocycles. The van der Waals surface area contributed by atoms with Crippen LogP contribution >= 0.6 is 0 Å². The van der Waals surface area contributed by atoms with Gasteiger partial charge in [-0.15, -0.1) is 0 Å². The monoisotopic (exact) mass is 462 g/mol. The Morgan fingerprint density at radius 2 is 1.75 bits per heavy atom. The number of amides is 1. The summed E-state index contributed by atoms with van der Waals surface area (Å²) in [5.74, 6) is -0.665. The van der Waals surface area contributed by atoms with Gasteiger partial charge in [0.2, 0.25) is 15.9 Å². The maximum Gasteiger partial charge on any atom is 0.337 e. The van der Waals surface area contributed by atoms with Crippen LogP contribution in [-0.2, 0) is 19.6 Å². The van der Waals surface area contributed by atoms with E-state index in [1.165, 1.54) is 37.8 Å². The van der Waals surface area contributed by atoms with Crippen LogP contribution in [0.5, 0.6) is 11.5 Å². The smallest absolute Gasteiger partial charge is 0.337 e. The zero-order chi connectivity index (χ0) is 23.3. The normalized spacial score (nSPS) is 16.8. The lowest BCUT2D eigenvalue weighted by Crippen LogP contribution is -2.43. The van der Waals surface area contributed by atoms with Gasteiger partial charge in [-0.1, -0.05) is 0 Å². The fourth-order valence-electron chi connectivity index (χ4n) is 3.55. The van der Waals surface area contributed by atoms with Crippen LogP contribution in [0.25, 0.3) is 0 Å². The number of hydrogen-bond acceptors (Lipinski definition) is 7. The summed E-state index contributed by atoms with van der Waals surface area (Å²) >= 11 is 0. The minimum Gasteiger partial charge on any atom is -0.497 e. The second-order valence-corrected chi connectivity index (χ2v) is 9.18. The molecule has 1 N–H and O–H groups in total. The number of carbonyl (C=O) groups excluding carboxylic acids is 2. The fourth-order valence-corrected chi connectivity index (χ4v) is 5.25. The van der Waals surface area contributed by atoms with Crippen molar-refractivity contribution in [1.82, 2.24) is 4.31 Å². The molecule has 1 amide bonds. The standard InChI is InChI=1S/C22H26N2O7S/c1-29-18-10-11-19(30-2)20(13-18)32(27,28)24-12-4-5-16(14-24)21(25)23-17-8-6-15(7-9-17)22(26)31-3/h6-11,13,16H,4-5,12,14H2,1-3H3,(H,23,25)/t16-/m1/s1. The molecule has 0 saturated carbocycles. The van der Waals surface area contributed by atoms with E-state index in [-0.39, 0.29) is 23.1 Å². The Hall–Kier alpha value is -3.11. The van der Waals surface area contributed by atoms with Crippen LogP contribution in [0.2, 0.25) is 0 Å². The summed E-state index contributed by atoms with van der Waals surface area (Å²) < 4.78 is 43.0. The number of nitrogens with zero attached hydrogens (tertiary/aromatic N) is 1. The lowest BCUT2D eigenvalue weighted by molar-refractivity contribution is -0.120. The van der Waals surface area contributed by atoms with Crippen LogP contribution in [0.3, 0.4) is 0 Å². The molecule has 1 fully saturated rings. The van der Waals surface area contributed by atoms with Gasteiger partial charge in [0.25, 0.3) is 0 Å². The molecule has 2 aromatic rings. The summed E-state index contributed by atoms with van der Waals surface area (Å²) in [7, 11) is 0.253. The van der Waals surface area contributed by atoms with E-state index in [1.54, 1.807) is 30.3 Å². The highest BCUT2D eigenvalue weighted by atomic mass is 32.2. The quantitative estimate of drug-likeness (QED) is 0.630. The van der Waals surface area contributed by atoms with Crippen molar-refractivity contribution in [2.24, 2.45) is 5.92 Å². The molecule has 1 heterocycles. The Kier molecular flexibility index (Phi) is 7.37. The predicted molar refractivity (Wildman–Crippen MR) is 117 cm³/mol. The topological polar surface area (TPSA) is 111 Å². The van der Waals surface area contributed by atoms with Crippen LogP contribution in [0.4, 0.5) is 5.69 Å². The molecular formula is C22H26N2O7S. The molecule has 0 bridgehead atoms. The minimum absolute atomic E-state index is 0.00110. The molecule has 0 aliphatic carbocycles. The number of carbonyl (C=O) groups is 2. The minimum atomic E-state index is -3.90. The average Bonchev–Trinajstić information content (AvgIpc) is 2.83. The molecular weight excluding hydrogens is 436 g/mol. The van der Waals surface area contributed by atoms with Gasteiger partial charge in [-0.2, -0.15) is 4.31 Å². The zero-order valence-electron chi connectivity index (χ0n) is 18.2. The van der Waals surface area contributed by atoms with Crippen molar-refractivity contribution >= 4 is 27.6 Å². The number of anilines is 1. The maximum absolute atomic E-state index is 13.3. The summed E-state index contributed by atoms with van der Waals surface area (Å²) in [6.45, 7) is 0.356. The molecule has 172 valence electrons. The number of hydrogen-bond donors (Lipinski definition) is 1.